The minimum absolute atomic E-state index is 0.216. The number of anilines is 2. The van der Waals surface area contributed by atoms with Crippen molar-refractivity contribution >= 4 is 29.0 Å². The van der Waals surface area contributed by atoms with E-state index in [2.05, 4.69) is 15.6 Å². The number of carbonyl (C=O) groups excluding carboxylic acids is 1. The Labute approximate surface area is 157 Å². The minimum atomic E-state index is -0.216. The Kier molecular flexibility index (Phi) is 5.71. The van der Waals surface area contributed by atoms with Gasteiger partial charge in [-0.25, -0.2) is 4.98 Å². The van der Waals surface area contributed by atoms with Crippen molar-refractivity contribution in [2.75, 3.05) is 17.7 Å². The fraction of sp³-hybridized carbons (Fsp3) is 0.100. The molecule has 0 atom stereocenters. The highest BCUT2D eigenvalue weighted by Gasteiger charge is 2.07. The number of nitrogens with zero attached hydrogens (tertiary/aromatic N) is 1. The van der Waals surface area contributed by atoms with Gasteiger partial charge in [0.25, 0.3) is 5.91 Å². The second-order valence-corrected chi connectivity index (χ2v) is 6.03. The average Bonchev–Trinajstić information content (AvgIpc) is 2.68. The smallest absolute Gasteiger partial charge is 0.257 e. The van der Waals surface area contributed by atoms with Crippen molar-refractivity contribution in [2.45, 2.75) is 6.54 Å². The molecule has 2 N–H and O–H groups in total. The van der Waals surface area contributed by atoms with E-state index in [0.29, 0.717) is 28.6 Å². The van der Waals surface area contributed by atoms with E-state index in [4.69, 9.17) is 16.3 Å². The number of methoxy groups -OCH3 is 1. The summed E-state index contributed by atoms with van der Waals surface area (Å²) in [5, 5.41) is 6.74. The molecule has 0 aliphatic heterocycles. The van der Waals surface area contributed by atoms with Crippen LogP contribution in [0.5, 0.6) is 5.75 Å². The van der Waals surface area contributed by atoms with Crippen molar-refractivity contribution in [2.24, 2.45) is 0 Å². The van der Waals surface area contributed by atoms with E-state index >= 15 is 0 Å². The van der Waals surface area contributed by atoms with E-state index in [1.54, 1.807) is 49.7 Å². The summed E-state index contributed by atoms with van der Waals surface area (Å²) in [4.78, 5) is 16.6. The molecular weight excluding hydrogens is 350 g/mol. The molecule has 1 aromatic heterocycles. The van der Waals surface area contributed by atoms with Crippen molar-refractivity contribution in [1.82, 2.24) is 4.98 Å². The van der Waals surface area contributed by atoms with Crippen LogP contribution in [-0.2, 0) is 6.54 Å². The van der Waals surface area contributed by atoms with Gasteiger partial charge in [-0.05, 0) is 54.1 Å². The highest BCUT2D eigenvalue weighted by molar-refractivity contribution is 6.30. The molecular formula is C20H18ClN3O2. The van der Waals surface area contributed by atoms with E-state index in [9.17, 15) is 4.79 Å². The number of nitrogens with one attached hydrogen (secondary N) is 2. The van der Waals surface area contributed by atoms with Gasteiger partial charge < -0.3 is 15.4 Å². The highest BCUT2D eigenvalue weighted by Crippen LogP contribution is 2.16. The molecule has 1 amide bonds. The molecule has 0 spiro atoms. The molecule has 0 radical (unpaired) electrons. The Morgan fingerprint density at radius 2 is 1.77 bits per heavy atom. The Balaban J connectivity index is 1.57. The van der Waals surface area contributed by atoms with E-state index in [1.807, 2.05) is 24.3 Å². The maximum absolute atomic E-state index is 12.3. The van der Waals surface area contributed by atoms with Gasteiger partial charge in [-0.1, -0.05) is 23.7 Å². The number of ether oxygens (including phenoxy) is 1. The van der Waals surface area contributed by atoms with Crippen LogP contribution in [0.15, 0.2) is 66.9 Å². The minimum Gasteiger partial charge on any atom is -0.497 e. The monoisotopic (exact) mass is 367 g/mol. The van der Waals surface area contributed by atoms with Gasteiger partial charge in [0.1, 0.15) is 11.6 Å². The summed E-state index contributed by atoms with van der Waals surface area (Å²) >= 11 is 5.87. The summed E-state index contributed by atoms with van der Waals surface area (Å²) in [6.07, 6.45) is 1.54. The Morgan fingerprint density at radius 1 is 1.04 bits per heavy atom. The third-order valence-corrected chi connectivity index (χ3v) is 4.01. The molecule has 0 aliphatic rings. The van der Waals surface area contributed by atoms with Crippen LogP contribution in [0.4, 0.5) is 11.5 Å². The van der Waals surface area contributed by atoms with E-state index < -0.39 is 0 Å². The first-order valence-electron chi connectivity index (χ1n) is 8.04. The van der Waals surface area contributed by atoms with Gasteiger partial charge in [0.2, 0.25) is 0 Å². The number of rotatable bonds is 6. The van der Waals surface area contributed by atoms with Gasteiger partial charge in [-0.2, -0.15) is 0 Å². The summed E-state index contributed by atoms with van der Waals surface area (Å²) < 4.78 is 5.10. The van der Waals surface area contributed by atoms with Crippen molar-refractivity contribution in [1.29, 1.82) is 0 Å². The molecule has 6 heteroatoms. The quantitative estimate of drug-likeness (QED) is 0.668. The number of hydrogen-bond donors (Lipinski definition) is 2. The van der Waals surface area contributed by atoms with Crippen LogP contribution in [0.3, 0.4) is 0 Å². The second-order valence-electron chi connectivity index (χ2n) is 5.59. The maximum Gasteiger partial charge on any atom is 0.257 e. The van der Waals surface area contributed by atoms with Crippen LogP contribution in [0.1, 0.15) is 15.9 Å². The molecule has 0 aliphatic carbocycles. The first-order valence-corrected chi connectivity index (χ1v) is 8.41. The molecule has 0 bridgehead atoms. The standard InChI is InChI=1S/C20H18ClN3O2/c1-26-18-9-7-17(8-10-18)24-20(25)15-4-11-19(23-13-15)22-12-14-2-5-16(21)6-3-14/h2-11,13H,12H2,1H3,(H,22,23)(H,24,25). The second kappa shape index (κ2) is 8.36. The average molecular weight is 368 g/mol. The van der Waals surface area contributed by atoms with Crippen LogP contribution in [-0.4, -0.2) is 18.0 Å². The molecule has 1 heterocycles. The predicted octanol–water partition coefficient (Wildman–Crippen LogP) is 4.61. The van der Waals surface area contributed by atoms with Crippen molar-refractivity contribution < 1.29 is 9.53 Å². The molecule has 2 aromatic carbocycles. The molecule has 0 unspecified atom stereocenters. The predicted molar refractivity (Wildman–Crippen MR) is 104 cm³/mol. The Morgan fingerprint density at radius 3 is 2.38 bits per heavy atom. The fourth-order valence-corrected chi connectivity index (χ4v) is 2.43. The lowest BCUT2D eigenvalue weighted by molar-refractivity contribution is 0.102. The first-order chi connectivity index (χ1) is 12.6. The lowest BCUT2D eigenvalue weighted by atomic mass is 10.2. The summed E-state index contributed by atoms with van der Waals surface area (Å²) in [5.74, 6) is 1.22. The van der Waals surface area contributed by atoms with Crippen LogP contribution >= 0.6 is 11.6 Å². The molecule has 0 fully saturated rings. The molecule has 0 saturated carbocycles. The van der Waals surface area contributed by atoms with Gasteiger partial charge in [0, 0.05) is 23.5 Å². The van der Waals surface area contributed by atoms with Crippen LogP contribution in [0.2, 0.25) is 5.02 Å². The van der Waals surface area contributed by atoms with E-state index in [-0.39, 0.29) is 5.91 Å². The van der Waals surface area contributed by atoms with Gasteiger partial charge in [-0.15, -0.1) is 0 Å². The van der Waals surface area contributed by atoms with E-state index in [0.717, 1.165) is 11.3 Å². The molecule has 0 saturated heterocycles. The van der Waals surface area contributed by atoms with Gasteiger partial charge in [0.05, 0.1) is 12.7 Å². The third kappa shape index (κ3) is 4.74. The number of amides is 1. The molecule has 5 nitrogen and oxygen atoms in total. The number of hydrogen-bond acceptors (Lipinski definition) is 4. The number of carbonyl (C=O) groups is 1. The Bertz CT molecular complexity index is 863. The molecule has 3 aromatic rings. The topological polar surface area (TPSA) is 63.2 Å². The van der Waals surface area contributed by atoms with E-state index in [1.165, 1.54) is 0 Å². The van der Waals surface area contributed by atoms with Crippen molar-refractivity contribution in [3.8, 4) is 5.75 Å². The van der Waals surface area contributed by atoms with Crippen LogP contribution in [0.25, 0.3) is 0 Å². The van der Waals surface area contributed by atoms with Crippen molar-refractivity contribution in [3.05, 3.63) is 83.0 Å². The molecule has 3 rings (SSSR count). The maximum atomic E-state index is 12.3. The third-order valence-electron chi connectivity index (χ3n) is 3.76. The molecule has 26 heavy (non-hydrogen) atoms. The summed E-state index contributed by atoms with van der Waals surface area (Å²) in [5.41, 5.74) is 2.27. The number of halogens is 1. The van der Waals surface area contributed by atoms with Crippen LogP contribution in [0, 0.1) is 0 Å². The first kappa shape index (κ1) is 17.8. The summed E-state index contributed by atoms with van der Waals surface area (Å²) in [7, 11) is 1.60. The van der Waals surface area contributed by atoms with Gasteiger partial charge >= 0.3 is 0 Å². The lowest BCUT2D eigenvalue weighted by Crippen LogP contribution is -2.12. The lowest BCUT2D eigenvalue weighted by Gasteiger charge is -2.08. The molecule has 132 valence electrons. The van der Waals surface area contributed by atoms with Crippen molar-refractivity contribution in [3.63, 3.8) is 0 Å². The Hall–Kier alpha value is -3.05. The zero-order valence-corrected chi connectivity index (χ0v) is 15.0. The van der Waals surface area contributed by atoms with Crippen LogP contribution < -0.4 is 15.4 Å². The largest absolute Gasteiger partial charge is 0.497 e. The van der Waals surface area contributed by atoms with Gasteiger partial charge in [0.15, 0.2) is 0 Å². The zero-order chi connectivity index (χ0) is 18.4. The number of benzene rings is 2. The number of aromatic nitrogens is 1. The zero-order valence-electron chi connectivity index (χ0n) is 14.2. The fourth-order valence-electron chi connectivity index (χ4n) is 2.31. The number of pyridine rings is 1. The van der Waals surface area contributed by atoms with Gasteiger partial charge in [-0.3, -0.25) is 4.79 Å². The highest BCUT2D eigenvalue weighted by atomic mass is 35.5. The normalized spacial score (nSPS) is 10.2. The SMILES string of the molecule is COc1ccc(NC(=O)c2ccc(NCc3ccc(Cl)cc3)nc2)cc1. The summed E-state index contributed by atoms with van der Waals surface area (Å²) in [6, 6.07) is 18.2. The summed E-state index contributed by atoms with van der Waals surface area (Å²) in [6.45, 7) is 0.627.